The lowest BCUT2D eigenvalue weighted by molar-refractivity contribution is -0.148. The number of allylic oxidation sites excluding steroid dienone is 1. The topological polar surface area (TPSA) is 183 Å². The number of likely N-dealkylation sites (N-methyl/N-ethyl adjacent to an activating group) is 1. The maximum atomic E-state index is 14.0. The first kappa shape index (κ1) is 32.0. The molecule has 0 saturated heterocycles. The van der Waals surface area contributed by atoms with E-state index < -0.39 is 76.5 Å². The number of halogens is 3. The number of carbonyl (C=O) groups is 3. The van der Waals surface area contributed by atoms with Gasteiger partial charge in [0.1, 0.15) is 28.6 Å². The number of rotatable bonds is 7. The van der Waals surface area contributed by atoms with Crippen LogP contribution < -0.4 is 15.8 Å². The van der Waals surface area contributed by atoms with Crippen LogP contribution in [0.3, 0.4) is 0 Å². The van der Waals surface area contributed by atoms with E-state index >= 15 is 0 Å². The number of aliphatic hydroxyl groups excluding tert-OH is 2. The molecule has 11 nitrogen and oxygen atoms in total. The Kier molecular flexibility index (Phi) is 7.96. The number of phenolic OH excluding ortho intramolecular Hbond substituents is 1. The number of aromatic hydroxyl groups is 1. The summed E-state index contributed by atoms with van der Waals surface area (Å²) in [5.41, 5.74) is 2.91. The Labute approximate surface area is 255 Å². The molecule has 45 heavy (non-hydrogen) atoms. The van der Waals surface area contributed by atoms with Crippen molar-refractivity contribution in [2.45, 2.75) is 37.2 Å². The molecule has 0 bridgehead atoms. The molecule has 0 aliphatic heterocycles. The largest absolute Gasteiger partial charge is 0.510 e. The van der Waals surface area contributed by atoms with Crippen molar-refractivity contribution in [2.24, 2.45) is 17.6 Å². The third-order valence-corrected chi connectivity index (χ3v) is 8.81. The minimum absolute atomic E-state index is 0.0258. The second kappa shape index (κ2) is 11.2. The lowest BCUT2D eigenvalue weighted by Gasteiger charge is -2.50. The van der Waals surface area contributed by atoms with Crippen molar-refractivity contribution in [3.8, 4) is 22.6 Å². The molecule has 4 atom stereocenters. The first-order valence-electron chi connectivity index (χ1n) is 14.0. The van der Waals surface area contributed by atoms with Gasteiger partial charge in [-0.2, -0.15) is 13.2 Å². The molecule has 0 heterocycles. The van der Waals surface area contributed by atoms with Crippen LogP contribution in [0.2, 0.25) is 0 Å². The van der Waals surface area contributed by atoms with E-state index in [0.717, 1.165) is 0 Å². The summed E-state index contributed by atoms with van der Waals surface area (Å²) in [7, 11) is 4.47. The van der Waals surface area contributed by atoms with Crippen molar-refractivity contribution in [3.63, 3.8) is 0 Å². The molecule has 0 saturated carbocycles. The summed E-state index contributed by atoms with van der Waals surface area (Å²) in [6.07, 6.45) is -4.48. The highest BCUT2D eigenvalue weighted by molar-refractivity contribution is 6.25. The van der Waals surface area contributed by atoms with Gasteiger partial charge in [-0.05, 0) is 67.7 Å². The quantitative estimate of drug-likeness (QED) is 0.248. The molecule has 0 radical (unpaired) electrons. The van der Waals surface area contributed by atoms with Crippen molar-refractivity contribution < 1.29 is 52.7 Å². The Morgan fingerprint density at radius 1 is 1.13 bits per heavy atom. The maximum absolute atomic E-state index is 14.0. The van der Waals surface area contributed by atoms with E-state index in [0.29, 0.717) is 28.0 Å². The number of nitrogens with one attached hydrogen (secondary N) is 1. The molecule has 14 heteroatoms. The number of amides is 1. The van der Waals surface area contributed by atoms with Gasteiger partial charge in [0.2, 0.25) is 5.78 Å². The number of nitrogens with zero attached hydrogens (tertiary/aromatic N) is 1. The van der Waals surface area contributed by atoms with Crippen molar-refractivity contribution in [3.05, 3.63) is 69.7 Å². The van der Waals surface area contributed by atoms with Gasteiger partial charge < -0.3 is 36.2 Å². The van der Waals surface area contributed by atoms with Gasteiger partial charge in [-0.15, -0.1) is 0 Å². The van der Waals surface area contributed by atoms with Crippen LogP contribution in [0.1, 0.15) is 27.9 Å². The number of phenols is 1. The van der Waals surface area contributed by atoms with E-state index in [1.165, 1.54) is 32.2 Å². The van der Waals surface area contributed by atoms with E-state index in [-0.39, 0.29) is 30.5 Å². The highest BCUT2D eigenvalue weighted by Gasteiger charge is 2.63. The predicted molar refractivity (Wildman–Crippen MR) is 153 cm³/mol. The molecule has 2 aromatic rings. The van der Waals surface area contributed by atoms with E-state index in [1.807, 2.05) is 0 Å². The number of ketones is 2. The van der Waals surface area contributed by atoms with E-state index in [2.05, 4.69) is 5.32 Å². The van der Waals surface area contributed by atoms with Gasteiger partial charge >= 0.3 is 6.18 Å². The molecule has 0 spiro atoms. The van der Waals surface area contributed by atoms with Crippen LogP contribution in [-0.2, 0) is 22.6 Å². The van der Waals surface area contributed by atoms with E-state index in [4.69, 9.17) is 10.5 Å². The molecule has 7 N–H and O–H groups in total. The average molecular weight is 632 g/mol. The number of alkyl halides is 3. The van der Waals surface area contributed by atoms with Crippen LogP contribution in [-0.4, -0.2) is 88.4 Å². The maximum Gasteiger partial charge on any atom is 0.401 e. The number of hydrogen-bond donors (Lipinski definition) is 6. The van der Waals surface area contributed by atoms with Crippen LogP contribution in [0.25, 0.3) is 11.1 Å². The molecule has 2 aromatic carbocycles. The summed E-state index contributed by atoms with van der Waals surface area (Å²) in [6, 6.07) is 6.42. The number of carbonyl (C=O) groups excluding carboxylic acids is 3. The van der Waals surface area contributed by atoms with Gasteiger partial charge in [0.15, 0.2) is 11.4 Å². The summed E-state index contributed by atoms with van der Waals surface area (Å²) in [6.45, 7) is -1.32. The Bertz CT molecular complexity index is 1680. The third-order valence-electron chi connectivity index (χ3n) is 8.81. The van der Waals surface area contributed by atoms with Gasteiger partial charge in [0.25, 0.3) is 5.91 Å². The summed E-state index contributed by atoms with van der Waals surface area (Å²) >= 11 is 0. The second-order valence-corrected chi connectivity index (χ2v) is 11.7. The van der Waals surface area contributed by atoms with Crippen LogP contribution in [0.4, 0.5) is 13.2 Å². The van der Waals surface area contributed by atoms with Crippen molar-refractivity contribution in [1.29, 1.82) is 0 Å². The molecule has 3 aliphatic rings. The molecule has 0 aromatic heterocycles. The fourth-order valence-corrected chi connectivity index (χ4v) is 6.93. The van der Waals surface area contributed by atoms with Gasteiger partial charge in [0.05, 0.1) is 25.3 Å². The average Bonchev–Trinajstić information content (AvgIpc) is 2.94. The predicted octanol–water partition coefficient (Wildman–Crippen LogP) is 2.45. The monoisotopic (exact) mass is 631 g/mol. The smallest absolute Gasteiger partial charge is 0.401 e. The van der Waals surface area contributed by atoms with Crippen LogP contribution >= 0.6 is 0 Å². The van der Waals surface area contributed by atoms with Crippen LogP contribution in [0, 0.1) is 11.8 Å². The van der Waals surface area contributed by atoms with E-state index in [1.54, 1.807) is 24.3 Å². The summed E-state index contributed by atoms with van der Waals surface area (Å²) < 4.78 is 43.6. The van der Waals surface area contributed by atoms with Gasteiger partial charge in [-0.3, -0.25) is 19.3 Å². The second-order valence-electron chi connectivity index (χ2n) is 11.7. The number of benzene rings is 2. The van der Waals surface area contributed by atoms with Crippen molar-refractivity contribution in [2.75, 3.05) is 27.7 Å². The standard InChI is InChI=1S/C31H32F3N3O8/c1-37(2)24-18-10-14-9-17-15(16-8-13(4-7-20(16)45-3)11-36-12-30(32,33)34)5-6-19(38)22(17)25(39)21(14)27(41)31(18,44)28(42)23(26(24)40)29(35)43/h4-8,14,18,24,36,38,40-41,44H,9-12H2,1-3H3,(H2,35,43)/t14-,18-,24?,31-/m0/s1. The lowest BCUT2D eigenvalue weighted by Crippen LogP contribution is -2.63. The van der Waals surface area contributed by atoms with Crippen LogP contribution in [0.5, 0.6) is 11.5 Å². The molecule has 3 aliphatic carbocycles. The number of methoxy groups -OCH3 is 1. The number of hydrogen-bond acceptors (Lipinski definition) is 10. The fraction of sp³-hybridized carbons (Fsp3) is 0.387. The minimum atomic E-state index is -4.41. The van der Waals surface area contributed by atoms with Gasteiger partial charge in [0, 0.05) is 23.6 Å². The number of ether oxygens (including phenoxy) is 1. The zero-order valence-electron chi connectivity index (χ0n) is 24.5. The Balaban J connectivity index is 1.65. The summed E-state index contributed by atoms with van der Waals surface area (Å²) in [5.74, 6) is -7.27. The molecular formula is C31H32F3N3O8. The fourth-order valence-electron chi connectivity index (χ4n) is 6.93. The minimum Gasteiger partial charge on any atom is -0.510 e. The zero-order chi connectivity index (χ0) is 33.2. The highest BCUT2D eigenvalue weighted by Crippen LogP contribution is 2.53. The summed E-state index contributed by atoms with van der Waals surface area (Å²) in [5, 5.41) is 47.4. The van der Waals surface area contributed by atoms with Crippen molar-refractivity contribution in [1.82, 2.24) is 10.2 Å². The normalized spacial score (nSPS) is 24.8. The Morgan fingerprint density at radius 3 is 2.42 bits per heavy atom. The third kappa shape index (κ3) is 5.12. The van der Waals surface area contributed by atoms with E-state index in [9.17, 15) is 48.0 Å². The van der Waals surface area contributed by atoms with Crippen molar-refractivity contribution >= 4 is 17.5 Å². The number of fused-ring (bicyclic) bond motifs is 3. The molecule has 1 amide bonds. The first-order chi connectivity index (χ1) is 21.0. The summed E-state index contributed by atoms with van der Waals surface area (Å²) in [4.78, 5) is 41.1. The number of Topliss-reactive ketones (excluding diaryl/α,β-unsaturated/α-hetero) is 2. The Hall–Kier alpha value is -4.40. The van der Waals surface area contributed by atoms with Crippen LogP contribution in [0.15, 0.2) is 53.0 Å². The molecule has 5 rings (SSSR count). The molecule has 1 unspecified atom stereocenters. The highest BCUT2D eigenvalue weighted by atomic mass is 19.4. The van der Waals surface area contributed by atoms with Gasteiger partial charge in [-0.25, -0.2) is 0 Å². The lowest BCUT2D eigenvalue weighted by atomic mass is 9.58. The first-order valence-corrected chi connectivity index (χ1v) is 14.0. The Morgan fingerprint density at radius 2 is 1.82 bits per heavy atom. The number of aliphatic hydroxyl groups is 3. The zero-order valence-corrected chi connectivity index (χ0v) is 24.5. The number of nitrogens with two attached hydrogens (primary N) is 1. The number of primary amides is 1. The molecule has 240 valence electrons. The SMILES string of the molecule is COc1ccc(CNCC(F)(F)F)cc1-c1ccc(O)c2c1C[C@H]1C[C@H]3C(N(C)C)C(O)=C(C(N)=O)C(=O)[C@@]3(O)C(O)=C1C2=O. The van der Waals surface area contributed by atoms with Gasteiger partial charge in [-0.1, -0.05) is 12.1 Å². The molecular weight excluding hydrogens is 599 g/mol. The molecule has 0 fully saturated rings.